The number of aliphatic hydroxyl groups is 2. The molecule has 40 heavy (non-hydrogen) atoms. The highest BCUT2D eigenvalue weighted by Crippen LogP contribution is 2.32. The standard InChI is InChI=1S/C14H31NO.C11H25N.C10H23NO/c1-12(2,3)10(15-14(7,8)9)11(16)13(4,5)6;1-9(10(2,3)4)8-12-11(5,6)7;1-9(2,3)8(7-12)11-10(4,5)6/h10-11,15-16H,1-9H3;9,12H,8H2,1-7H3;8,11-12H,7H2,1-6H3. The molecule has 0 fully saturated rings. The average Bonchev–Trinajstić information content (AvgIpc) is 2.63. The van der Waals surface area contributed by atoms with Crippen molar-refractivity contribution in [3.63, 3.8) is 0 Å². The van der Waals surface area contributed by atoms with Crippen molar-refractivity contribution in [3.8, 4) is 0 Å². The molecule has 0 rings (SSSR count). The van der Waals surface area contributed by atoms with Crippen molar-refractivity contribution in [1.82, 2.24) is 16.0 Å². The predicted octanol–water partition coefficient (Wildman–Crippen LogP) is 8.03. The van der Waals surface area contributed by atoms with E-state index in [1.165, 1.54) is 0 Å². The molecule has 5 N–H and O–H groups in total. The summed E-state index contributed by atoms with van der Waals surface area (Å²) < 4.78 is 0. The lowest BCUT2D eigenvalue weighted by Crippen LogP contribution is -2.58. The van der Waals surface area contributed by atoms with Crippen LogP contribution in [0, 0.1) is 27.6 Å². The molecule has 0 amide bonds. The normalized spacial score (nSPS) is 17.1. The number of rotatable bonds is 6. The van der Waals surface area contributed by atoms with E-state index in [0.717, 1.165) is 12.5 Å². The van der Waals surface area contributed by atoms with E-state index in [1.807, 2.05) is 0 Å². The van der Waals surface area contributed by atoms with E-state index >= 15 is 0 Å². The monoisotopic (exact) mass is 574 g/mol. The molecule has 0 aromatic carbocycles. The highest BCUT2D eigenvalue weighted by Gasteiger charge is 2.39. The highest BCUT2D eigenvalue weighted by molar-refractivity contribution is 4.95. The van der Waals surface area contributed by atoms with Crippen molar-refractivity contribution in [3.05, 3.63) is 0 Å². The van der Waals surface area contributed by atoms with E-state index in [2.05, 4.69) is 168 Å². The van der Waals surface area contributed by atoms with Gasteiger partial charge in [-0.3, -0.25) is 0 Å². The van der Waals surface area contributed by atoms with Gasteiger partial charge in [0.05, 0.1) is 12.7 Å². The molecule has 0 heterocycles. The predicted molar refractivity (Wildman–Crippen MR) is 181 cm³/mol. The Kier molecular flexibility index (Phi) is 17.7. The Labute approximate surface area is 253 Å². The van der Waals surface area contributed by atoms with E-state index in [9.17, 15) is 5.11 Å². The molecule has 0 bridgehead atoms. The summed E-state index contributed by atoms with van der Waals surface area (Å²) in [6.45, 7) is 49.0. The van der Waals surface area contributed by atoms with Crippen LogP contribution in [0.2, 0.25) is 0 Å². The molecule has 5 nitrogen and oxygen atoms in total. The highest BCUT2D eigenvalue weighted by atomic mass is 16.3. The molecular weight excluding hydrogens is 494 g/mol. The van der Waals surface area contributed by atoms with Gasteiger partial charge in [-0.05, 0) is 96.4 Å². The third kappa shape index (κ3) is 24.4. The van der Waals surface area contributed by atoms with Crippen LogP contribution in [0.25, 0.3) is 0 Å². The minimum Gasteiger partial charge on any atom is -0.395 e. The maximum absolute atomic E-state index is 10.5. The quantitative estimate of drug-likeness (QED) is 0.222. The van der Waals surface area contributed by atoms with Gasteiger partial charge in [0.25, 0.3) is 0 Å². The molecule has 4 unspecified atom stereocenters. The zero-order valence-electron chi connectivity index (χ0n) is 31.6. The molecule has 0 aliphatic heterocycles. The van der Waals surface area contributed by atoms with Crippen molar-refractivity contribution in [2.75, 3.05) is 13.2 Å². The Morgan fingerprint density at radius 2 is 0.875 bits per heavy atom. The molecule has 4 atom stereocenters. The lowest BCUT2D eigenvalue weighted by Gasteiger charge is -2.44. The molecule has 0 aromatic rings. The van der Waals surface area contributed by atoms with E-state index in [4.69, 9.17) is 5.11 Å². The average molecular weight is 574 g/mol. The van der Waals surface area contributed by atoms with Crippen LogP contribution in [-0.4, -0.2) is 58.2 Å². The summed E-state index contributed by atoms with van der Waals surface area (Å²) in [6.07, 6.45) is -0.355. The van der Waals surface area contributed by atoms with Gasteiger partial charge in [0, 0.05) is 28.7 Å². The fourth-order valence-electron chi connectivity index (χ4n) is 3.56. The molecule has 0 saturated carbocycles. The minimum absolute atomic E-state index is 0.0180. The number of hydrogen-bond donors (Lipinski definition) is 5. The molecule has 0 aliphatic rings. The van der Waals surface area contributed by atoms with Gasteiger partial charge in [0.1, 0.15) is 0 Å². The summed E-state index contributed by atoms with van der Waals surface area (Å²) in [7, 11) is 0. The summed E-state index contributed by atoms with van der Waals surface area (Å²) >= 11 is 0. The SMILES string of the molecule is CC(C)(C)NC(C(O)C(C)(C)C)C(C)(C)C.CC(C)(C)NC(CO)C(C)(C)C.CC(CNC(C)(C)C)C(C)(C)C. The first-order valence-corrected chi connectivity index (χ1v) is 15.6. The second kappa shape index (κ2) is 16.0. The second-order valence-electron chi connectivity index (χ2n) is 19.4. The van der Waals surface area contributed by atoms with Gasteiger partial charge in [-0.1, -0.05) is 90.0 Å². The van der Waals surface area contributed by atoms with Crippen molar-refractivity contribution < 1.29 is 10.2 Å². The van der Waals surface area contributed by atoms with E-state index in [1.54, 1.807) is 0 Å². The topological polar surface area (TPSA) is 76.5 Å². The summed E-state index contributed by atoms with van der Waals surface area (Å²) in [4.78, 5) is 0. The van der Waals surface area contributed by atoms with Crippen LogP contribution < -0.4 is 16.0 Å². The third-order valence-corrected chi connectivity index (χ3v) is 6.98. The van der Waals surface area contributed by atoms with Gasteiger partial charge in [0.2, 0.25) is 0 Å². The van der Waals surface area contributed by atoms with Crippen LogP contribution in [-0.2, 0) is 0 Å². The summed E-state index contributed by atoms with van der Waals surface area (Å²) in [6, 6.07) is 0.255. The molecule has 5 heteroatoms. The minimum atomic E-state index is -0.355. The lowest BCUT2D eigenvalue weighted by atomic mass is 9.73. The van der Waals surface area contributed by atoms with Crippen LogP contribution >= 0.6 is 0 Å². The molecule has 246 valence electrons. The van der Waals surface area contributed by atoms with Gasteiger partial charge in [-0.25, -0.2) is 0 Å². The number of aliphatic hydroxyl groups excluding tert-OH is 2. The number of nitrogens with one attached hydrogen (secondary N) is 3. The molecular formula is C35H79N3O2. The van der Waals surface area contributed by atoms with Crippen molar-refractivity contribution in [2.45, 2.75) is 187 Å². The molecule has 0 spiro atoms. The fraction of sp³-hybridized carbons (Fsp3) is 1.00. The zero-order valence-corrected chi connectivity index (χ0v) is 31.6. The maximum atomic E-state index is 10.5. The van der Waals surface area contributed by atoms with E-state index in [0.29, 0.717) is 5.41 Å². The maximum Gasteiger partial charge on any atom is 0.0746 e. The largest absolute Gasteiger partial charge is 0.395 e. The summed E-state index contributed by atoms with van der Waals surface area (Å²) in [5, 5.41) is 30.1. The second-order valence-corrected chi connectivity index (χ2v) is 19.4. The van der Waals surface area contributed by atoms with E-state index < -0.39 is 0 Å². The van der Waals surface area contributed by atoms with Gasteiger partial charge in [-0.15, -0.1) is 0 Å². The van der Waals surface area contributed by atoms with Crippen molar-refractivity contribution >= 4 is 0 Å². The fourth-order valence-corrected chi connectivity index (χ4v) is 3.56. The van der Waals surface area contributed by atoms with Crippen molar-refractivity contribution in [1.29, 1.82) is 0 Å². The Bertz CT molecular complexity index is 654. The Morgan fingerprint density at radius 3 is 1.05 bits per heavy atom. The van der Waals surface area contributed by atoms with Crippen LogP contribution in [0.4, 0.5) is 0 Å². The molecule has 0 radical (unpaired) electrons. The Morgan fingerprint density at radius 1 is 0.500 bits per heavy atom. The van der Waals surface area contributed by atoms with Crippen LogP contribution in [0.1, 0.15) is 152 Å². The number of hydrogen-bond acceptors (Lipinski definition) is 5. The van der Waals surface area contributed by atoms with Crippen LogP contribution in [0.15, 0.2) is 0 Å². The van der Waals surface area contributed by atoms with Crippen LogP contribution in [0.3, 0.4) is 0 Å². The Balaban J connectivity index is -0.000000522. The summed E-state index contributed by atoms with van der Waals surface area (Å²) in [5.41, 5.74) is 0.806. The van der Waals surface area contributed by atoms with Gasteiger partial charge in [0.15, 0.2) is 0 Å². The van der Waals surface area contributed by atoms with Crippen molar-refractivity contribution in [2.24, 2.45) is 27.6 Å². The molecule has 0 aromatic heterocycles. The molecule has 0 aliphatic carbocycles. The van der Waals surface area contributed by atoms with Gasteiger partial charge >= 0.3 is 0 Å². The molecule has 0 saturated heterocycles. The first-order valence-electron chi connectivity index (χ1n) is 15.6. The van der Waals surface area contributed by atoms with Gasteiger partial charge < -0.3 is 26.2 Å². The van der Waals surface area contributed by atoms with E-state index in [-0.39, 0.29) is 57.7 Å². The smallest absolute Gasteiger partial charge is 0.0746 e. The first-order chi connectivity index (χ1) is 17.0. The third-order valence-electron chi connectivity index (χ3n) is 6.98. The van der Waals surface area contributed by atoms with Crippen LogP contribution in [0.5, 0.6) is 0 Å². The lowest BCUT2D eigenvalue weighted by molar-refractivity contribution is -0.0159. The van der Waals surface area contributed by atoms with Gasteiger partial charge in [-0.2, -0.15) is 0 Å². The Hall–Kier alpha value is -0.200. The summed E-state index contributed by atoms with van der Waals surface area (Å²) in [5.74, 6) is 0.719. The first kappa shape index (κ1) is 44.2. The zero-order chi connectivity index (χ0) is 33.3.